The molecule has 0 atom stereocenters. The van der Waals surface area contributed by atoms with Crippen LogP contribution in [0.1, 0.15) is 6.92 Å². The molecule has 0 bridgehead atoms. The van der Waals surface area contributed by atoms with Gasteiger partial charge in [-0.1, -0.05) is 6.58 Å². The first-order valence-electron chi connectivity index (χ1n) is 4.87. The summed E-state index contributed by atoms with van der Waals surface area (Å²) >= 11 is 0. The summed E-state index contributed by atoms with van der Waals surface area (Å²) in [5.74, 6) is 0. The molecule has 14 heavy (non-hydrogen) atoms. The smallest absolute Gasteiger partial charge is 0.111 e. The lowest BCUT2D eigenvalue weighted by atomic mass is 10.7. The van der Waals surface area contributed by atoms with Crippen LogP contribution < -0.4 is 0 Å². The molecule has 0 fully saturated rings. The van der Waals surface area contributed by atoms with Gasteiger partial charge in [0, 0.05) is 6.61 Å². The third-order valence-electron chi connectivity index (χ3n) is 1.41. The van der Waals surface area contributed by atoms with Gasteiger partial charge in [-0.25, -0.2) is 0 Å². The van der Waals surface area contributed by atoms with Gasteiger partial charge in [0.1, 0.15) is 6.61 Å². The molecule has 0 radical (unpaired) electrons. The highest BCUT2D eigenvalue weighted by molar-refractivity contribution is 4.47. The van der Waals surface area contributed by atoms with E-state index >= 15 is 0 Å². The van der Waals surface area contributed by atoms with Gasteiger partial charge >= 0.3 is 0 Å². The van der Waals surface area contributed by atoms with Crippen molar-refractivity contribution in [1.29, 1.82) is 0 Å². The van der Waals surface area contributed by atoms with Gasteiger partial charge in [-0.2, -0.15) is 0 Å². The largest absolute Gasteiger partial charge is 0.499 e. The lowest BCUT2D eigenvalue weighted by Crippen LogP contribution is -2.11. The Kier molecular flexibility index (Phi) is 11.9. The van der Waals surface area contributed by atoms with E-state index in [0.717, 1.165) is 6.61 Å². The summed E-state index contributed by atoms with van der Waals surface area (Å²) in [6, 6.07) is 0. The van der Waals surface area contributed by atoms with Gasteiger partial charge in [-0.05, 0) is 6.92 Å². The molecule has 0 rings (SSSR count). The molecule has 0 saturated heterocycles. The van der Waals surface area contributed by atoms with Crippen LogP contribution in [0.3, 0.4) is 0 Å². The molecule has 0 unspecified atom stereocenters. The molecule has 4 nitrogen and oxygen atoms in total. The van der Waals surface area contributed by atoms with E-state index in [9.17, 15) is 0 Å². The lowest BCUT2D eigenvalue weighted by molar-refractivity contribution is 0.00843. The highest BCUT2D eigenvalue weighted by Gasteiger charge is 1.90. The van der Waals surface area contributed by atoms with Crippen LogP contribution in [0.25, 0.3) is 0 Å². The van der Waals surface area contributed by atoms with Crippen LogP contribution in [0.15, 0.2) is 12.8 Å². The Morgan fingerprint density at radius 1 is 0.857 bits per heavy atom. The van der Waals surface area contributed by atoms with E-state index in [0.29, 0.717) is 39.6 Å². The third kappa shape index (κ3) is 11.4. The summed E-state index contributed by atoms with van der Waals surface area (Å²) < 4.78 is 20.4. The van der Waals surface area contributed by atoms with Gasteiger partial charge in [0.25, 0.3) is 0 Å². The Labute approximate surface area is 85.8 Å². The standard InChI is InChI=1S/C10H20O4/c1-3-11-5-7-13-9-10-14-8-6-12-4-2/h3H,1,4-10H2,2H3. The molecule has 0 amide bonds. The van der Waals surface area contributed by atoms with Crippen LogP contribution in [0.2, 0.25) is 0 Å². The van der Waals surface area contributed by atoms with Gasteiger partial charge in [0.2, 0.25) is 0 Å². The van der Waals surface area contributed by atoms with Crippen LogP contribution in [0, 0.1) is 0 Å². The summed E-state index contributed by atoms with van der Waals surface area (Å²) in [4.78, 5) is 0. The van der Waals surface area contributed by atoms with Crippen molar-refractivity contribution in [2.24, 2.45) is 0 Å². The second-order valence-corrected chi connectivity index (χ2v) is 2.46. The fourth-order valence-electron chi connectivity index (χ4n) is 0.775. The van der Waals surface area contributed by atoms with E-state index in [1.54, 1.807) is 0 Å². The zero-order valence-corrected chi connectivity index (χ0v) is 8.87. The summed E-state index contributed by atoms with van der Waals surface area (Å²) in [6.45, 7) is 9.69. The quantitative estimate of drug-likeness (QED) is 0.374. The van der Waals surface area contributed by atoms with Crippen molar-refractivity contribution in [3.63, 3.8) is 0 Å². The molecule has 4 heteroatoms. The number of rotatable bonds is 11. The van der Waals surface area contributed by atoms with Crippen molar-refractivity contribution in [1.82, 2.24) is 0 Å². The molecule has 0 aromatic rings. The van der Waals surface area contributed by atoms with E-state index in [2.05, 4.69) is 6.58 Å². The van der Waals surface area contributed by atoms with Gasteiger partial charge in [-0.3, -0.25) is 0 Å². The fourth-order valence-corrected chi connectivity index (χ4v) is 0.775. The summed E-state index contributed by atoms with van der Waals surface area (Å²) in [5, 5.41) is 0. The van der Waals surface area contributed by atoms with E-state index in [-0.39, 0.29) is 0 Å². The first kappa shape index (κ1) is 13.4. The predicted molar refractivity (Wildman–Crippen MR) is 54.3 cm³/mol. The van der Waals surface area contributed by atoms with Crippen LogP contribution in [0.4, 0.5) is 0 Å². The van der Waals surface area contributed by atoms with Crippen molar-refractivity contribution < 1.29 is 18.9 Å². The topological polar surface area (TPSA) is 36.9 Å². The van der Waals surface area contributed by atoms with Gasteiger partial charge in [0.05, 0.1) is 39.3 Å². The maximum atomic E-state index is 5.23. The molecular formula is C10H20O4. The lowest BCUT2D eigenvalue weighted by Gasteiger charge is -2.05. The Morgan fingerprint density at radius 2 is 1.36 bits per heavy atom. The predicted octanol–water partition coefficient (Wildman–Crippen LogP) is 1.22. The van der Waals surface area contributed by atoms with Crippen molar-refractivity contribution in [2.75, 3.05) is 46.2 Å². The van der Waals surface area contributed by atoms with Crippen LogP contribution in [-0.2, 0) is 18.9 Å². The third-order valence-corrected chi connectivity index (χ3v) is 1.41. The highest BCUT2D eigenvalue weighted by atomic mass is 16.6. The summed E-state index contributed by atoms with van der Waals surface area (Å²) in [5.41, 5.74) is 0. The Morgan fingerprint density at radius 3 is 1.86 bits per heavy atom. The summed E-state index contributed by atoms with van der Waals surface area (Å²) in [6.07, 6.45) is 1.40. The monoisotopic (exact) mass is 204 g/mol. The zero-order valence-electron chi connectivity index (χ0n) is 8.87. The van der Waals surface area contributed by atoms with Crippen molar-refractivity contribution in [3.05, 3.63) is 12.8 Å². The maximum absolute atomic E-state index is 5.23. The molecule has 0 aliphatic heterocycles. The number of ether oxygens (including phenoxy) is 4. The minimum Gasteiger partial charge on any atom is -0.499 e. The van der Waals surface area contributed by atoms with Gasteiger partial charge in [0.15, 0.2) is 0 Å². The molecule has 84 valence electrons. The van der Waals surface area contributed by atoms with E-state index in [1.807, 2.05) is 6.92 Å². The maximum Gasteiger partial charge on any atom is 0.111 e. The molecule has 0 saturated carbocycles. The van der Waals surface area contributed by atoms with Crippen LogP contribution >= 0.6 is 0 Å². The van der Waals surface area contributed by atoms with Gasteiger partial charge in [-0.15, -0.1) is 0 Å². The van der Waals surface area contributed by atoms with E-state index in [4.69, 9.17) is 18.9 Å². The second kappa shape index (κ2) is 12.4. The van der Waals surface area contributed by atoms with Crippen LogP contribution in [0.5, 0.6) is 0 Å². The van der Waals surface area contributed by atoms with E-state index < -0.39 is 0 Å². The molecule has 0 aromatic carbocycles. The molecule has 0 N–H and O–H groups in total. The Bertz CT molecular complexity index is 117. The molecule has 0 spiro atoms. The SMILES string of the molecule is C=COCCOCCOCCOCC. The fraction of sp³-hybridized carbons (Fsp3) is 0.800. The van der Waals surface area contributed by atoms with E-state index in [1.165, 1.54) is 6.26 Å². The Balaban J connectivity index is 2.81. The first-order chi connectivity index (χ1) is 6.91. The summed E-state index contributed by atoms with van der Waals surface area (Å²) in [7, 11) is 0. The molecule has 0 aliphatic rings. The van der Waals surface area contributed by atoms with Gasteiger partial charge < -0.3 is 18.9 Å². The number of hydrogen-bond acceptors (Lipinski definition) is 4. The second-order valence-electron chi connectivity index (χ2n) is 2.46. The van der Waals surface area contributed by atoms with Crippen molar-refractivity contribution in [2.45, 2.75) is 6.92 Å². The minimum absolute atomic E-state index is 0.544. The molecule has 0 heterocycles. The molecular weight excluding hydrogens is 184 g/mol. The van der Waals surface area contributed by atoms with Crippen molar-refractivity contribution >= 4 is 0 Å². The highest BCUT2D eigenvalue weighted by Crippen LogP contribution is 1.82. The average molecular weight is 204 g/mol. The first-order valence-corrected chi connectivity index (χ1v) is 4.87. The minimum atomic E-state index is 0.544. The normalized spacial score (nSPS) is 10.1. The molecule has 0 aromatic heterocycles. The van der Waals surface area contributed by atoms with Crippen LogP contribution in [-0.4, -0.2) is 46.2 Å². The zero-order chi connectivity index (χ0) is 10.5. The molecule has 0 aliphatic carbocycles. The Hall–Kier alpha value is -0.580. The van der Waals surface area contributed by atoms with Crippen molar-refractivity contribution in [3.8, 4) is 0 Å². The number of hydrogen-bond donors (Lipinski definition) is 0. The average Bonchev–Trinajstić information content (AvgIpc) is 2.21.